The number of ether oxygens (including phenoxy) is 6. The topological polar surface area (TPSA) is 447 Å². The maximum atomic E-state index is 15.1. The molecule has 10 amide bonds. The number of esters is 2. The molecule has 2 aliphatic heterocycles. The number of benzene rings is 4. The Labute approximate surface area is 677 Å². The molecular weight excluding hydrogens is 1570 g/mol. The van der Waals surface area contributed by atoms with Gasteiger partial charge in [-0.1, -0.05) is 150 Å². The zero-order valence-electron chi connectivity index (χ0n) is 64.3. The van der Waals surface area contributed by atoms with Gasteiger partial charge in [0.05, 0.1) is 64.0 Å². The zero-order valence-corrected chi connectivity index (χ0v) is 67.3. The molecular formula is C77H102Cl3N13O20S. The molecule has 3 aliphatic rings. The molecule has 33 nitrogen and oxygen atoms in total. The highest BCUT2D eigenvalue weighted by atomic mass is 35.6. The molecule has 622 valence electrons. The van der Waals surface area contributed by atoms with E-state index in [2.05, 4.69) is 52.2 Å². The SMILES string of the molecule is Cc1ccc(S(=O)(=O)NC(N)=NCCC[C@H](NC(=O)OC(C)(C)C)C(=O)NCC(=O)N[C@@H](CC(=O)OC2CCCCC2)C(=O)N[C@@H](COCc2ccccc2)C(=O)N2CCC[C@H]2C(=O)N[C@@H](C)C(=O)N[C@@H](COCc2ccccc2)C(=O)N[C@@H](COCc2ccccc2)C(=O)NCC(=O)N2CCC[C@H]2C(=O)OCC(Cl)(Cl)Cl)cc1. The first-order valence-electron chi connectivity index (χ1n) is 37.5. The lowest BCUT2D eigenvalue weighted by Crippen LogP contribution is -2.60. The van der Waals surface area contributed by atoms with Crippen molar-refractivity contribution in [2.24, 2.45) is 10.7 Å². The minimum Gasteiger partial charge on any atom is -0.462 e. The van der Waals surface area contributed by atoms with Crippen molar-refractivity contribution in [1.82, 2.24) is 57.1 Å². The van der Waals surface area contributed by atoms with Crippen molar-refractivity contribution < 1.29 is 94.4 Å². The van der Waals surface area contributed by atoms with Gasteiger partial charge in [0.2, 0.25) is 62.9 Å². The number of nitrogens with two attached hydrogens (primary N) is 1. The number of hydrogen-bond acceptors (Lipinski definition) is 21. The lowest BCUT2D eigenvalue weighted by molar-refractivity contribution is -0.153. The Balaban J connectivity index is 1.04. The first-order valence-corrected chi connectivity index (χ1v) is 40.2. The van der Waals surface area contributed by atoms with Gasteiger partial charge in [0, 0.05) is 19.6 Å². The van der Waals surface area contributed by atoms with Crippen LogP contribution in [0, 0.1) is 6.92 Å². The summed E-state index contributed by atoms with van der Waals surface area (Å²) in [5.41, 5.74) is 7.86. The number of alkyl carbamates (subject to hydrolysis) is 1. The predicted molar refractivity (Wildman–Crippen MR) is 418 cm³/mol. The number of rotatable bonds is 40. The number of alkyl halides is 3. The van der Waals surface area contributed by atoms with Crippen molar-refractivity contribution in [2.45, 2.75) is 200 Å². The Morgan fingerprint density at radius 3 is 1.65 bits per heavy atom. The summed E-state index contributed by atoms with van der Waals surface area (Å²) in [7, 11) is -4.10. The van der Waals surface area contributed by atoms with E-state index < -0.39 is 197 Å². The largest absolute Gasteiger partial charge is 0.462 e. The Morgan fingerprint density at radius 1 is 0.570 bits per heavy atom. The summed E-state index contributed by atoms with van der Waals surface area (Å²) in [6.07, 6.45) is 2.20. The molecule has 4 aromatic carbocycles. The van der Waals surface area contributed by atoms with Gasteiger partial charge < -0.3 is 86.5 Å². The van der Waals surface area contributed by atoms with Crippen LogP contribution < -0.4 is 53.0 Å². The molecule has 0 spiro atoms. The van der Waals surface area contributed by atoms with Crippen molar-refractivity contribution in [2.75, 3.05) is 59.2 Å². The predicted octanol–water partition coefficient (Wildman–Crippen LogP) is 3.75. The van der Waals surface area contributed by atoms with Crippen LogP contribution in [-0.4, -0.2) is 218 Å². The molecule has 0 radical (unpaired) electrons. The van der Waals surface area contributed by atoms with Crippen LogP contribution in [0.2, 0.25) is 0 Å². The molecule has 2 saturated heterocycles. The highest BCUT2D eigenvalue weighted by Gasteiger charge is 2.42. The number of carbonyl (C=O) groups excluding carboxylic acids is 12. The molecule has 8 atom stereocenters. The number of amides is 10. The molecule has 114 heavy (non-hydrogen) atoms. The fourth-order valence-corrected chi connectivity index (χ4v) is 13.4. The maximum Gasteiger partial charge on any atom is 0.408 e. The highest BCUT2D eigenvalue weighted by Crippen LogP contribution is 2.28. The number of hydrogen-bond donors (Lipinski definition) is 10. The smallest absolute Gasteiger partial charge is 0.408 e. The summed E-state index contributed by atoms with van der Waals surface area (Å²) >= 11 is 17.3. The van der Waals surface area contributed by atoms with E-state index in [1.165, 1.54) is 28.9 Å². The van der Waals surface area contributed by atoms with Crippen LogP contribution in [0.1, 0.15) is 127 Å². The molecule has 37 heteroatoms. The van der Waals surface area contributed by atoms with Gasteiger partial charge >= 0.3 is 18.0 Å². The molecule has 1 saturated carbocycles. The number of halogens is 3. The number of likely N-dealkylation sites (tertiary alicyclic amines) is 2. The van der Waals surface area contributed by atoms with Gasteiger partial charge in [-0.25, -0.2) is 22.7 Å². The standard InChI is InChI=1S/C77H102Cl3N13O20S/c1-49-32-34-55(35-33-49)114(106,107)91-74(81)82-36-18-29-56(90-75(105)113-76(3,4)5)67(98)83-40-63(94)86-57(39-65(96)112-54-27-16-9-17-28-54)69(100)89-60(47-110-44-53-25-14-8-15-26-53)72(103)93-38-19-30-61(93)71(102)85-50(2)66(97)87-59(46-109-43-52-23-12-7-13-24-52)70(101)88-58(45-108-42-51-21-10-6-11-22-51)68(99)84-41-64(95)92-37-20-31-62(92)73(104)111-48-77(78,79)80/h6-8,10-15,21-26,32-35,50,54,56-62H,9,16-20,27-31,36-48H2,1-5H3,(H,83,98)(H,84,99)(H,85,102)(H,86,94)(H,87,97)(H,88,101)(H,89,100)(H,90,105)(H3,81,82,91)/t50-,56-,57-,58-,59-,60-,61-,62-/m0/s1. The Kier molecular flexibility index (Phi) is 36.4. The van der Waals surface area contributed by atoms with Crippen molar-refractivity contribution in [3.05, 3.63) is 138 Å². The minimum absolute atomic E-state index is 0.0105. The summed E-state index contributed by atoms with van der Waals surface area (Å²) in [6.45, 7) is 4.27. The van der Waals surface area contributed by atoms with Crippen LogP contribution in [0.3, 0.4) is 0 Å². The summed E-state index contributed by atoms with van der Waals surface area (Å²) in [4.78, 5) is 175. The summed E-state index contributed by atoms with van der Waals surface area (Å²) < 4.78 is 60.4. The van der Waals surface area contributed by atoms with E-state index in [4.69, 9.17) is 69.0 Å². The quantitative estimate of drug-likeness (QED) is 0.00757. The number of sulfonamides is 1. The van der Waals surface area contributed by atoms with E-state index in [1.54, 1.807) is 131 Å². The van der Waals surface area contributed by atoms with Crippen LogP contribution in [0.5, 0.6) is 0 Å². The molecule has 1 aliphatic carbocycles. The number of guanidine groups is 1. The monoisotopic (exact) mass is 1670 g/mol. The van der Waals surface area contributed by atoms with Crippen molar-refractivity contribution in [3.63, 3.8) is 0 Å². The number of aliphatic imine (C=N–C) groups is 1. The average molecular weight is 1670 g/mol. The van der Waals surface area contributed by atoms with Crippen LogP contribution in [0.25, 0.3) is 0 Å². The van der Waals surface area contributed by atoms with E-state index in [9.17, 15) is 61.2 Å². The average Bonchev–Trinajstić information content (AvgIpc) is 1.62. The van der Waals surface area contributed by atoms with Crippen molar-refractivity contribution >= 4 is 122 Å². The normalized spacial score (nSPS) is 16.9. The second-order valence-electron chi connectivity index (χ2n) is 28.6. The van der Waals surface area contributed by atoms with Gasteiger partial charge in [-0.2, -0.15) is 0 Å². The van der Waals surface area contributed by atoms with E-state index in [1.807, 2.05) is 0 Å². The highest BCUT2D eigenvalue weighted by molar-refractivity contribution is 7.90. The fourth-order valence-electron chi connectivity index (χ4n) is 12.3. The van der Waals surface area contributed by atoms with Gasteiger partial charge in [-0.15, -0.1) is 0 Å². The first kappa shape index (κ1) is 91.5. The Hall–Kier alpha value is -9.71. The van der Waals surface area contributed by atoms with Crippen LogP contribution in [0.15, 0.2) is 125 Å². The van der Waals surface area contributed by atoms with E-state index in [0.717, 1.165) is 30.4 Å². The van der Waals surface area contributed by atoms with Crippen molar-refractivity contribution in [1.29, 1.82) is 0 Å². The zero-order chi connectivity index (χ0) is 83.0. The maximum absolute atomic E-state index is 15.1. The minimum atomic E-state index is -4.10. The second-order valence-corrected chi connectivity index (χ2v) is 32.8. The van der Waals surface area contributed by atoms with E-state index >= 15 is 4.79 Å². The molecule has 7 rings (SSSR count). The third-order valence-electron chi connectivity index (χ3n) is 18.1. The summed E-state index contributed by atoms with van der Waals surface area (Å²) in [5.74, 6) is -10.2. The van der Waals surface area contributed by atoms with Gasteiger partial charge in [-0.3, -0.25) is 52.9 Å². The van der Waals surface area contributed by atoms with Crippen LogP contribution in [-0.2, 0) is 111 Å². The Bertz CT molecular complexity index is 4050. The fraction of sp³-hybridized carbons (Fsp3) is 0.519. The third-order valence-corrected chi connectivity index (χ3v) is 19.8. The molecule has 2 heterocycles. The molecule has 0 unspecified atom stereocenters. The number of nitrogens with zero attached hydrogens (tertiary/aromatic N) is 3. The number of aryl methyl sites for hydroxylation is 1. The summed E-state index contributed by atoms with van der Waals surface area (Å²) in [6, 6.07) is 21.0. The van der Waals surface area contributed by atoms with Gasteiger partial charge in [0.1, 0.15) is 66.6 Å². The Morgan fingerprint density at radius 2 is 1.08 bits per heavy atom. The molecule has 11 N–H and O–H groups in total. The van der Waals surface area contributed by atoms with Crippen LogP contribution >= 0.6 is 34.8 Å². The molecule has 0 bridgehead atoms. The summed E-state index contributed by atoms with van der Waals surface area (Å²) in [5, 5.41) is 20.4. The molecule has 3 fully saturated rings. The van der Waals surface area contributed by atoms with Gasteiger partial charge in [0.15, 0.2) is 0 Å². The lowest BCUT2D eigenvalue weighted by Gasteiger charge is -2.30. The van der Waals surface area contributed by atoms with E-state index in [-0.39, 0.29) is 76.5 Å². The van der Waals surface area contributed by atoms with E-state index in [0.29, 0.717) is 30.4 Å². The van der Waals surface area contributed by atoms with Gasteiger partial charge in [0.25, 0.3) is 10.0 Å². The van der Waals surface area contributed by atoms with Crippen molar-refractivity contribution in [3.8, 4) is 0 Å². The lowest BCUT2D eigenvalue weighted by atomic mass is 9.98. The van der Waals surface area contributed by atoms with Gasteiger partial charge in [-0.05, 0) is 128 Å². The second kappa shape index (κ2) is 45.4. The first-order chi connectivity index (χ1) is 54.2. The molecule has 0 aromatic heterocycles. The third kappa shape index (κ3) is 31.9. The molecule has 4 aromatic rings. The number of carbonyl (C=O) groups is 12. The number of nitrogens with one attached hydrogen (secondary N) is 9. The van der Waals surface area contributed by atoms with Crippen LogP contribution in [0.4, 0.5) is 4.79 Å².